The number of carbonyl (C=O) groups excluding carboxylic acids is 2. The number of anilines is 2. The molecule has 0 unspecified atom stereocenters. The quantitative estimate of drug-likeness (QED) is 0.380. The molecular formula is C18H14Cl2N4O3S2. The van der Waals surface area contributed by atoms with Crippen LogP contribution in [0.2, 0.25) is 10.0 Å². The van der Waals surface area contributed by atoms with E-state index in [1.165, 1.54) is 31.0 Å². The van der Waals surface area contributed by atoms with Gasteiger partial charge in [0, 0.05) is 5.02 Å². The minimum Gasteiger partial charge on any atom is -0.495 e. The zero-order valence-corrected chi connectivity index (χ0v) is 18.1. The van der Waals surface area contributed by atoms with E-state index in [4.69, 9.17) is 27.9 Å². The number of ether oxygens (including phenoxy) is 1. The van der Waals surface area contributed by atoms with Gasteiger partial charge in [0.15, 0.2) is 4.34 Å². The van der Waals surface area contributed by atoms with E-state index in [0.29, 0.717) is 25.9 Å². The fraction of sp³-hybridized carbons (Fsp3) is 0.111. The van der Waals surface area contributed by atoms with E-state index in [1.54, 1.807) is 24.3 Å². The van der Waals surface area contributed by atoms with Crippen LogP contribution in [-0.4, -0.2) is 34.9 Å². The molecule has 3 rings (SSSR count). The van der Waals surface area contributed by atoms with Crippen molar-refractivity contribution in [3.63, 3.8) is 0 Å². The largest absolute Gasteiger partial charge is 0.495 e. The van der Waals surface area contributed by atoms with Gasteiger partial charge >= 0.3 is 0 Å². The SMILES string of the molecule is COc1ccccc1NC(=O)CSc1nnc(NC(=O)c2ccc(Cl)cc2Cl)s1. The van der Waals surface area contributed by atoms with Crippen LogP contribution < -0.4 is 15.4 Å². The lowest BCUT2D eigenvalue weighted by Crippen LogP contribution is -2.14. The number of hydrogen-bond acceptors (Lipinski definition) is 7. The minimum absolute atomic E-state index is 0.129. The van der Waals surface area contributed by atoms with Crippen molar-refractivity contribution in [1.82, 2.24) is 10.2 Å². The average molecular weight is 469 g/mol. The van der Waals surface area contributed by atoms with Gasteiger partial charge in [0.1, 0.15) is 5.75 Å². The zero-order chi connectivity index (χ0) is 20.8. The van der Waals surface area contributed by atoms with Crippen LogP contribution in [0.1, 0.15) is 10.4 Å². The molecule has 0 aliphatic heterocycles. The molecular weight excluding hydrogens is 455 g/mol. The normalized spacial score (nSPS) is 10.4. The first-order chi connectivity index (χ1) is 14.0. The molecule has 0 saturated heterocycles. The molecule has 2 N–H and O–H groups in total. The third-order valence-electron chi connectivity index (χ3n) is 3.51. The number of thioether (sulfide) groups is 1. The molecule has 29 heavy (non-hydrogen) atoms. The molecule has 2 aromatic carbocycles. The summed E-state index contributed by atoms with van der Waals surface area (Å²) in [7, 11) is 1.54. The summed E-state index contributed by atoms with van der Waals surface area (Å²) in [6, 6.07) is 11.7. The van der Waals surface area contributed by atoms with Gasteiger partial charge in [-0.05, 0) is 30.3 Å². The van der Waals surface area contributed by atoms with E-state index < -0.39 is 5.91 Å². The number of aromatic nitrogens is 2. The first-order valence-electron chi connectivity index (χ1n) is 8.12. The molecule has 2 amide bonds. The molecule has 0 saturated carbocycles. The number of halogens is 2. The number of carbonyl (C=O) groups is 2. The number of benzene rings is 2. The third-order valence-corrected chi connectivity index (χ3v) is 6.03. The van der Waals surface area contributed by atoms with Crippen LogP contribution in [0.15, 0.2) is 46.8 Å². The predicted molar refractivity (Wildman–Crippen MR) is 117 cm³/mol. The molecule has 0 fully saturated rings. The number of para-hydroxylation sites is 2. The van der Waals surface area contributed by atoms with Crippen LogP contribution in [-0.2, 0) is 4.79 Å². The lowest BCUT2D eigenvalue weighted by molar-refractivity contribution is -0.113. The summed E-state index contributed by atoms with van der Waals surface area (Å²) in [5, 5.41) is 14.3. The summed E-state index contributed by atoms with van der Waals surface area (Å²) < 4.78 is 5.74. The molecule has 7 nitrogen and oxygen atoms in total. The van der Waals surface area contributed by atoms with Crippen molar-refractivity contribution in [3.8, 4) is 5.75 Å². The Morgan fingerprint density at radius 2 is 1.93 bits per heavy atom. The highest BCUT2D eigenvalue weighted by atomic mass is 35.5. The molecule has 1 heterocycles. The minimum atomic E-state index is -0.423. The molecule has 3 aromatic rings. The predicted octanol–water partition coefficient (Wildman–Crippen LogP) is 4.84. The highest BCUT2D eigenvalue weighted by Gasteiger charge is 2.15. The van der Waals surface area contributed by atoms with Gasteiger partial charge in [0.25, 0.3) is 5.91 Å². The zero-order valence-electron chi connectivity index (χ0n) is 14.9. The van der Waals surface area contributed by atoms with E-state index in [1.807, 2.05) is 6.07 Å². The number of methoxy groups -OCH3 is 1. The molecule has 0 bridgehead atoms. The molecule has 0 radical (unpaired) electrons. The highest BCUT2D eigenvalue weighted by Crippen LogP contribution is 2.28. The maximum absolute atomic E-state index is 12.3. The summed E-state index contributed by atoms with van der Waals surface area (Å²) in [5.41, 5.74) is 0.863. The molecule has 0 aliphatic carbocycles. The van der Waals surface area contributed by atoms with E-state index >= 15 is 0 Å². The third kappa shape index (κ3) is 5.83. The summed E-state index contributed by atoms with van der Waals surface area (Å²) >= 11 is 14.2. The molecule has 1 aromatic heterocycles. The van der Waals surface area contributed by atoms with Crippen LogP contribution >= 0.6 is 46.3 Å². The van der Waals surface area contributed by atoms with Crippen molar-refractivity contribution < 1.29 is 14.3 Å². The van der Waals surface area contributed by atoms with Crippen LogP contribution in [0.25, 0.3) is 0 Å². The van der Waals surface area contributed by atoms with Crippen molar-refractivity contribution in [2.45, 2.75) is 4.34 Å². The van der Waals surface area contributed by atoms with Gasteiger partial charge in [0.2, 0.25) is 11.0 Å². The van der Waals surface area contributed by atoms with Crippen molar-refractivity contribution in [2.75, 3.05) is 23.5 Å². The Balaban J connectivity index is 1.55. The first-order valence-corrected chi connectivity index (χ1v) is 10.7. The number of rotatable bonds is 7. The van der Waals surface area contributed by atoms with Gasteiger partial charge in [-0.25, -0.2) is 0 Å². The average Bonchev–Trinajstić information content (AvgIpc) is 3.14. The van der Waals surface area contributed by atoms with Crippen molar-refractivity contribution in [1.29, 1.82) is 0 Å². The molecule has 0 spiro atoms. The number of amides is 2. The molecule has 0 aliphatic rings. The van der Waals surface area contributed by atoms with E-state index in [0.717, 1.165) is 11.3 Å². The second kappa shape index (κ2) is 9.93. The number of nitrogens with zero attached hydrogens (tertiary/aromatic N) is 2. The fourth-order valence-corrected chi connectivity index (χ4v) is 4.26. The maximum Gasteiger partial charge on any atom is 0.259 e. The van der Waals surface area contributed by atoms with Gasteiger partial charge in [0.05, 0.1) is 29.1 Å². The molecule has 150 valence electrons. The van der Waals surface area contributed by atoms with Crippen LogP contribution in [0.4, 0.5) is 10.8 Å². The molecule has 11 heteroatoms. The smallest absolute Gasteiger partial charge is 0.259 e. The van der Waals surface area contributed by atoms with Crippen molar-refractivity contribution in [3.05, 3.63) is 58.1 Å². The van der Waals surface area contributed by atoms with Crippen molar-refractivity contribution >= 4 is 68.9 Å². The lowest BCUT2D eigenvalue weighted by Gasteiger charge is -2.08. The topological polar surface area (TPSA) is 93.2 Å². The fourth-order valence-electron chi connectivity index (χ4n) is 2.22. The van der Waals surface area contributed by atoms with E-state index in [2.05, 4.69) is 20.8 Å². The Labute approximate surface area is 184 Å². The Bertz CT molecular complexity index is 1050. The number of hydrogen-bond donors (Lipinski definition) is 2. The highest BCUT2D eigenvalue weighted by molar-refractivity contribution is 8.01. The van der Waals surface area contributed by atoms with Gasteiger partial charge in [-0.2, -0.15) is 0 Å². The Morgan fingerprint density at radius 3 is 2.69 bits per heavy atom. The second-order valence-corrected chi connectivity index (χ2v) is 8.53. The summed E-state index contributed by atoms with van der Waals surface area (Å²) in [5.74, 6) is 0.0676. The van der Waals surface area contributed by atoms with Gasteiger partial charge in [-0.15, -0.1) is 10.2 Å². The summed E-state index contributed by atoms with van der Waals surface area (Å²) in [6.45, 7) is 0. The monoisotopic (exact) mass is 468 g/mol. The summed E-state index contributed by atoms with van der Waals surface area (Å²) in [6.07, 6.45) is 0. The Hall–Kier alpha value is -2.33. The Kier molecular flexibility index (Phi) is 7.32. The molecule has 0 atom stereocenters. The second-order valence-electron chi connectivity index (χ2n) is 5.49. The number of nitrogens with one attached hydrogen (secondary N) is 2. The van der Waals surface area contributed by atoms with Gasteiger partial charge < -0.3 is 10.1 Å². The first kappa shape index (κ1) is 21.4. The van der Waals surface area contributed by atoms with Gasteiger partial charge in [-0.1, -0.05) is 58.4 Å². The van der Waals surface area contributed by atoms with Crippen molar-refractivity contribution in [2.24, 2.45) is 0 Å². The Morgan fingerprint density at radius 1 is 1.14 bits per heavy atom. The standard InChI is InChI=1S/C18H14Cl2N4O3S2/c1-27-14-5-3-2-4-13(14)21-15(25)9-28-18-24-23-17(29-18)22-16(26)11-7-6-10(19)8-12(11)20/h2-8H,9H2,1H3,(H,21,25)(H,22,23,26). The van der Waals surface area contributed by atoms with Gasteiger partial charge in [-0.3, -0.25) is 14.9 Å². The van der Waals surface area contributed by atoms with E-state index in [9.17, 15) is 9.59 Å². The lowest BCUT2D eigenvalue weighted by atomic mass is 10.2. The van der Waals surface area contributed by atoms with Crippen LogP contribution in [0.5, 0.6) is 5.75 Å². The summed E-state index contributed by atoms with van der Waals surface area (Å²) in [4.78, 5) is 24.5. The van der Waals surface area contributed by atoms with Crippen LogP contribution in [0.3, 0.4) is 0 Å². The van der Waals surface area contributed by atoms with E-state index in [-0.39, 0.29) is 22.2 Å². The van der Waals surface area contributed by atoms with Crippen LogP contribution in [0, 0.1) is 0 Å². The maximum atomic E-state index is 12.3.